The number of hydrogen-bond acceptors (Lipinski definition) is 5. The van der Waals surface area contributed by atoms with Gasteiger partial charge in [0, 0.05) is 20.1 Å². The highest BCUT2D eigenvalue weighted by Gasteiger charge is 2.08. The molecule has 1 amide bonds. The molecule has 114 valence electrons. The van der Waals surface area contributed by atoms with E-state index in [1.165, 1.54) is 0 Å². The average molecular weight is 276 g/mol. The van der Waals surface area contributed by atoms with E-state index in [0.717, 1.165) is 0 Å². The summed E-state index contributed by atoms with van der Waals surface area (Å²) in [5, 5.41) is 12.5. The lowest BCUT2D eigenvalue weighted by Crippen LogP contribution is -2.39. The smallest absolute Gasteiger partial charge is 0.236 e. The van der Waals surface area contributed by atoms with Crippen molar-refractivity contribution in [3.05, 3.63) is 0 Å². The Morgan fingerprint density at radius 1 is 1.37 bits per heavy atom. The molecule has 0 fully saturated rings. The number of aliphatic hydroxyl groups excluding tert-OH is 1. The number of nitrogens with one attached hydrogen (secondary N) is 1. The Hall–Kier alpha value is -0.690. The molecule has 6 heteroatoms. The molecule has 2 N–H and O–H groups in total. The van der Waals surface area contributed by atoms with Gasteiger partial charge in [-0.05, 0) is 20.8 Å². The van der Waals surface area contributed by atoms with Crippen LogP contribution in [0.2, 0.25) is 0 Å². The maximum Gasteiger partial charge on any atom is 0.236 e. The van der Waals surface area contributed by atoms with E-state index in [9.17, 15) is 9.90 Å². The second kappa shape index (κ2) is 11.2. The molecule has 0 aromatic carbocycles. The minimum absolute atomic E-state index is 0.0148. The van der Waals surface area contributed by atoms with Crippen molar-refractivity contribution in [1.29, 1.82) is 0 Å². The van der Waals surface area contributed by atoms with Crippen LogP contribution < -0.4 is 5.32 Å². The van der Waals surface area contributed by atoms with E-state index in [-0.39, 0.29) is 25.2 Å². The van der Waals surface area contributed by atoms with Gasteiger partial charge in [0.2, 0.25) is 5.91 Å². The van der Waals surface area contributed by atoms with E-state index in [0.29, 0.717) is 26.3 Å². The topological polar surface area (TPSA) is 71.0 Å². The Morgan fingerprint density at radius 2 is 2.05 bits per heavy atom. The minimum atomic E-state index is -0.612. The van der Waals surface area contributed by atoms with Crippen LogP contribution in [0.5, 0.6) is 0 Å². The molecule has 0 radical (unpaired) electrons. The van der Waals surface area contributed by atoms with Gasteiger partial charge in [-0.2, -0.15) is 0 Å². The van der Waals surface area contributed by atoms with Crippen molar-refractivity contribution in [2.75, 3.05) is 46.5 Å². The van der Waals surface area contributed by atoms with Crippen LogP contribution in [0.4, 0.5) is 0 Å². The molecule has 1 atom stereocenters. The van der Waals surface area contributed by atoms with Crippen LogP contribution >= 0.6 is 0 Å². The molecule has 0 bridgehead atoms. The highest BCUT2D eigenvalue weighted by molar-refractivity contribution is 5.77. The number of hydrogen-bond donors (Lipinski definition) is 2. The molecule has 0 aromatic rings. The minimum Gasteiger partial charge on any atom is -0.389 e. The van der Waals surface area contributed by atoms with Gasteiger partial charge in [-0.1, -0.05) is 0 Å². The van der Waals surface area contributed by atoms with Crippen molar-refractivity contribution in [2.45, 2.75) is 33.0 Å². The number of nitrogens with zero attached hydrogens (tertiary/aromatic N) is 1. The Labute approximate surface area is 116 Å². The summed E-state index contributed by atoms with van der Waals surface area (Å²) in [6.07, 6.45) is -0.421. The molecule has 0 aliphatic heterocycles. The molecule has 0 aliphatic rings. The van der Waals surface area contributed by atoms with Crippen LogP contribution in [-0.2, 0) is 14.3 Å². The van der Waals surface area contributed by atoms with Gasteiger partial charge in [-0.3, -0.25) is 4.79 Å². The Morgan fingerprint density at radius 3 is 2.63 bits per heavy atom. The summed E-state index contributed by atoms with van der Waals surface area (Å²) in [4.78, 5) is 13.1. The van der Waals surface area contributed by atoms with Crippen molar-refractivity contribution in [2.24, 2.45) is 0 Å². The van der Waals surface area contributed by atoms with Crippen LogP contribution in [0, 0.1) is 0 Å². The van der Waals surface area contributed by atoms with Crippen molar-refractivity contribution in [1.82, 2.24) is 10.2 Å². The predicted molar refractivity (Wildman–Crippen MR) is 74.1 cm³/mol. The number of amides is 1. The Balaban J connectivity index is 3.44. The number of carbonyl (C=O) groups is 1. The number of rotatable bonds is 11. The molecular formula is C13H28N2O4. The monoisotopic (exact) mass is 276 g/mol. The van der Waals surface area contributed by atoms with Crippen LogP contribution in [0.15, 0.2) is 0 Å². The molecule has 19 heavy (non-hydrogen) atoms. The van der Waals surface area contributed by atoms with Crippen LogP contribution in [-0.4, -0.2) is 74.6 Å². The van der Waals surface area contributed by atoms with Crippen molar-refractivity contribution in [3.8, 4) is 0 Å². The summed E-state index contributed by atoms with van der Waals surface area (Å²) in [5.41, 5.74) is 0. The van der Waals surface area contributed by atoms with Gasteiger partial charge in [0.25, 0.3) is 0 Å². The van der Waals surface area contributed by atoms with Gasteiger partial charge in [0.05, 0.1) is 38.6 Å². The molecule has 0 heterocycles. The molecular weight excluding hydrogens is 248 g/mol. The first-order chi connectivity index (χ1) is 8.97. The second-order valence-corrected chi connectivity index (χ2v) is 4.69. The first kappa shape index (κ1) is 18.3. The first-order valence-electron chi connectivity index (χ1n) is 6.79. The summed E-state index contributed by atoms with van der Waals surface area (Å²) in [6.45, 7) is 8.33. The van der Waals surface area contributed by atoms with Crippen molar-refractivity contribution < 1.29 is 19.4 Å². The van der Waals surface area contributed by atoms with E-state index in [4.69, 9.17) is 9.47 Å². The SMILES string of the molecule is CCN(C)C(=O)CNCC(O)COCCOC(C)C. The third kappa shape index (κ3) is 10.9. The quantitative estimate of drug-likeness (QED) is 0.514. The summed E-state index contributed by atoms with van der Waals surface area (Å²) in [7, 11) is 1.75. The van der Waals surface area contributed by atoms with Crippen LogP contribution in [0.25, 0.3) is 0 Å². The fraction of sp³-hybridized carbons (Fsp3) is 0.923. The lowest BCUT2D eigenvalue weighted by molar-refractivity contribution is -0.128. The standard InChI is InChI=1S/C13H28N2O4/c1-5-15(4)13(17)9-14-8-12(16)10-18-6-7-19-11(2)3/h11-12,14,16H,5-10H2,1-4H3. The maximum atomic E-state index is 11.5. The van der Waals surface area contributed by atoms with E-state index in [2.05, 4.69) is 5.32 Å². The zero-order valence-corrected chi connectivity index (χ0v) is 12.5. The fourth-order valence-corrected chi connectivity index (χ4v) is 1.28. The first-order valence-corrected chi connectivity index (χ1v) is 6.79. The van der Waals surface area contributed by atoms with Gasteiger partial charge < -0.3 is 24.8 Å². The fourth-order valence-electron chi connectivity index (χ4n) is 1.28. The largest absolute Gasteiger partial charge is 0.389 e. The lowest BCUT2D eigenvalue weighted by atomic mass is 10.3. The molecule has 0 saturated carbocycles. The second-order valence-electron chi connectivity index (χ2n) is 4.69. The predicted octanol–water partition coefficient (Wildman–Crippen LogP) is -0.143. The van der Waals surface area contributed by atoms with Crippen LogP contribution in [0.1, 0.15) is 20.8 Å². The normalized spacial score (nSPS) is 12.7. The zero-order valence-electron chi connectivity index (χ0n) is 12.5. The van der Waals surface area contributed by atoms with E-state index in [1.807, 2.05) is 20.8 Å². The van der Waals surface area contributed by atoms with Crippen molar-refractivity contribution >= 4 is 5.91 Å². The number of carbonyl (C=O) groups excluding carboxylic acids is 1. The molecule has 6 nitrogen and oxygen atoms in total. The number of likely N-dealkylation sites (N-methyl/N-ethyl adjacent to an activating group) is 1. The molecule has 0 rings (SSSR count). The zero-order chi connectivity index (χ0) is 14.7. The van der Waals surface area contributed by atoms with E-state index in [1.54, 1.807) is 11.9 Å². The molecule has 0 aromatic heterocycles. The molecule has 0 saturated heterocycles. The molecule has 0 spiro atoms. The van der Waals surface area contributed by atoms with E-state index >= 15 is 0 Å². The van der Waals surface area contributed by atoms with Gasteiger partial charge in [0.1, 0.15) is 0 Å². The summed E-state index contributed by atoms with van der Waals surface area (Å²) >= 11 is 0. The number of aliphatic hydroxyl groups is 1. The average Bonchev–Trinajstić information content (AvgIpc) is 2.36. The summed E-state index contributed by atoms with van der Waals surface area (Å²) in [6, 6.07) is 0. The highest BCUT2D eigenvalue weighted by atomic mass is 16.5. The third-order valence-electron chi connectivity index (χ3n) is 2.55. The summed E-state index contributed by atoms with van der Waals surface area (Å²) < 4.78 is 10.6. The molecule has 0 aliphatic carbocycles. The molecule has 1 unspecified atom stereocenters. The van der Waals surface area contributed by atoms with Gasteiger partial charge in [-0.25, -0.2) is 0 Å². The van der Waals surface area contributed by atoms with Crippen molar-refractivity contribution in [3.63, 3.8) is 0 Å². The summed E-state index contributed by atoms with van der Waals surface area (Å²) in [5.74, 6) is 0.0148. The van der Waals surface area contributed by atoms with Crippen LogP contribution in [0.3, 0.4) is 0 Å². The van der Waals surface area contributed by atoms with E-state index < -0.39 is 6.10 Å². The number of ether oxygens (including phenoxy) is 2. The van der Waals surface area contributed by atoms with Gasteiger partial charge >= 0.3 is 0 Å². The van der Waals surface area contributed by atoms with Gasteiger partial charge in [-0.15, -0.1) is 0 Å². The Kier molecular flexibility index (Phi) is 10.8. The van der Waals surface area contributed by atoms with Gasteiger partial charge in [0.15, 0.2) is 0 Å². The highest BCUT2D eigenvalue weighted by Crippen LogP contribution is 1.89. The maximum absolute atomic E-state index is 11.5. The Bertz CT molecular complexity index is 237. The third-order valence-corrected chi connectivity index (χ3v) is 2.55. The lowest BCUT2D eigenvalue weighted by Gasteiger charge is -2.16.